The Bertz CT molecular complexity index is 364. The maximum absolute atomic E-state index is 3.50. The predicted octanol–water partition coefficient (Wildman–Crippen LogP) is 5.21. The number of unbranched alkanes of at least 4 members (excludes halogenated alkanes) is 6. The molecule has 0 unspecified atom stereocenters. The van der Waals surface area contributed by atoms with Crippen molar-refractivity contribution < 1.29 is 0 Å². The average Bonchev–Trinajstić information content (AvgIpc) is 2.73. The summed E-state index contributed by atoms with van der Waals surface area (Å²) >= 11 is 3.50. The molecule has 0 aliphatic carbocycles. The summed E-state index contributed by atoms with van der Waals surface area (Å²) in [5.41, 5.74) is 3.15. The molecule has 0 saturated carbocycles. The van der Waals surface area contributed by atoms with Crippen LogP contribution in [0.15, 0.2) is 24.3 Å². The van der Waals surface area contributed by atoms with Crippen molar-refractivity contribution in [1.82, 2.24) is 4.90 Å². The molecule has 0 N–H and O–H groups in total. The first-order valence-corrected chi connectivity index (χ1v) is 9.87. The molecule has 1 aromatic carbocycles. The Balaban J connectivity index is 1.54. The van der Waals surface area contributed by atoms with Crippen LogP contribution in [0.2, 0.25) is 0 Å². The third-order valence-electron chi connectivity index (χ3n) is 4.62. The van der Waals surface area contributed by atoms with E-state index in [0.717, 1.165) is 0 Å². The van der Waals surface area contributed by atoms with Gasteiger partial charge in [-0.15, -0.1) is 0 Å². The highest BCUT2D eigenvalue weighted by Crippen LogP contribution is 2.16. The third-order valence-corrected chi connectivity index (χ3v) is 5.18. The minimum Gasteiger partial charge on any atom is -0.303 e. The minimum absolute atomic E-state index is 1.17. The van der Waals surface area contributed by atoms with E-state index in [-0.39, 0.29) is 0 Å². The van der Waals surface area contributed by atoms with Crippen LogP contribution in [0.4, 0.5) is 0 Å². The molecule has 118 valence electrons. The molecule has 1 heterocycles. The van der Waals surface area contributed by atoms with Crippen molar-refractivity contribution in [2.75, 3.05) is 25.0 Å². The largest absolute Gasteiger partial charge is 0.303 e. The SMILES string of the molecule is BrCCCCCCCCCN1CCc2ccccc2CC1. The van der Waals surface area contributed by atoms with Crippen molar-refractivity contribution >= 4 is 15.9 Å². The zero-order valence-electron chi connectivity index (χ0n) is 13.3. The van der Waals surface area contributed by atoms with Crippen LogP contribution < -0.4 is 0 Å². The Kier molecular flexibility index (Phi) is 8.43. The molecule has 0 radical (unpaired) electrons. The van der Waals surface area contributed by atoms with E-state index in [1.54, 1.807) is 11.1 Å². The summed E-state index contributed by atoms with van der Waals surface area (Å²) in [5, 5.41) is 1.17. The van der Waals surface area contributed by atoms with Gasteiger partial charge in [0.05, 0.1) is 0 Å². The molecule has 0 spiro atoms. The fourth-order valence-electron chi connectivity index (χ4n) is 3.25. The van der Waals surface area contributed by atoms with Crippen LogP contribution in [-0.2, 0) is 12.8 Å². The first kappa shape index (κ1) is 17.0. The molecule has 1 nitrogen and oxygen atoms in total. The van der Waals surface area contributed by atoms with Gasteiger partial charge in [-0.2, -0.15) is 0 Å². The molecule has 0 bridgehead atoms. The molecule has 1 aliphatic rings. The van der Waals surface area contributed by atoms with Gasteiger partial charge in [-0.25, -0.2) is 0 Å². The molecule has 1 aromatic rings. The molecule has 2 heteroatoms. The topological polar surface area (TPSA) is 3.24 Å². The van der Waals surface area contributed by atoms with Gasteiger partial charge >= 0.3 is 0 Å². The lowest BCUT2D eigenvalue weighted by Gasteiger charge is -2.19. The van der Waals surface area contributed by atoms with Crippen LogP contribution in [0.25, 0.3) is 0 Å². The lowest BCUT2D eigenvalue weighted by Crippen LogP contribution is -2.27. The highest BCUT2D eigenvalue weighted by Gasteiger charge is 2.12. The van der Waals surface area contributed by atoms with Crippen LogP contribution in [0.3, 0.4) is 0 Å². The average molecular weight is 352 g/mol. The van der Waals surface area contributed by atoms with Crippen molar-refractivity contribution in [3.05, 3.63) is 35.4 Å². The van der Waals surface area contributed by atoms with E-state index in [9.17, 15) is 0 Å². The molecule has 0 aromatic heterocycles. The van der Waals surface area contributed by atoms with Crippen LogP contribution >= 0.6 is 15.9 Å². The van der Waals surface area contributed by atoms with Crippen LogP contribution in [-0.4, -0.2) is 29.9 Å². The van der Waals surface area contributed by atoms with E-state index < -0.39 is 0 Å². The highest BCUT2D eigenvalue weighted by atomic mass is 79.9. The van der Waals surface area contributed by atoms with E-state index in [0.29, 0.717) is 0 Å². The summed E-state index contributed by atoms with van der Waals surface area (Å²) in [5.74, 6) is 0. The lowest BCUT2D eigenvalue weighted by atomic mass is 10.0. The maximum atomic E-state index is 3.50. The number of benzene rings is 1. The molecule has 1 aliphatic heterocycles. The van der Waals surface area contributed by atoms with Crippen molar-refractivity contribution in [1.29, 1.82) is 0 Å². The van der Waals surface area contributed by atoms with Crippen molar-refractivity contribution in [3.63, 3.8) is 0 Å². The number of hydrogen-bond donors (Lipinski definition) is 0. The van der Waals surface area contributed by atoms with Crippen molar-refractivity contribution in [2.24, 2.45) is 0 Å². The van der Waals surface area contributed by atoms with E-state index in [4.69, 9.17) is 0 Å². The zero-order valence-corrected chi connectivity index (χ0v) is 14.9. The predicted molar refractivity (Wildman–Crippen MR) is 96.4 cm³/mol. The fraction of sp³-hybridized carbons (Fsp3) is 0.684. The van der Waals surface area contributed by atoms with Crippen LogP contribution in [0.1, 0.15) is 56.1 Å². The molecule has 0 saturated heterocycles. The van der Waals surface area contributed by atoms with Crippen molar-refractivity contribution in [3.8, 4) is 0 Å². The fourth-order valence-corrected chi connectivity index (χ4v) is 3.65. The molecular formula is C19H30BrN. The van der Waals surface area contributed by atoms with E-state index in [1.165, 1.54) is 82.8 Å². The second-order valence-electron chi connectivity index (χ2n) is 6.27. The zero-order chi connectivity index (χ0) is 14.8. The summed E-state index contributed by atoms with van der Waals surface area (Å²) < 4.78 is 0. The molecule has 0 amide bonds. The standard InChI is InChI=1S/C19H30BrN/c20-14-8-4-2-1-3-5-9-15-21-16-12-18-10-6-7-11-19(18)13-17-21/h6-7,10-11H,1-5,8-9,12-17H2. The number of alkyl halides is 1. The molecule has 21 heavy (non-hydrogen) atoms. The number of rotatable bonds is 9. The number of halogens is 1. The number of fused-ring (bicyclic) bond motifs is 1. The quantitative estimate of drug-likeness (QED) is 0.435. The van der Waals surface area contributed by atoms with Crippen LogP contribution in [0.5, 0.6) is 0 Å². The second-order valence-corrected chi connectivity index (χ2v) is 7.07. The third kappa shape index (κ3) is 6.52. The summed E-state index contributed by atoms with van der Waals surface area (Å²) in [6.07, 6.45) is 12.3. The first-order valence-electron chi connectivity index (χ1n) is 8.75. The van der Waals surface area contributed by atoms with E-state index >= 15 is 0 Å². The van der Waals surface area contributed by atoms with E-state index in [1.807, 2.05) is 0 Å². The summed E-state index contributed by atoms with van der Waals surface area (Å²) in [6, 6.07) is 8.99. The second kappa shape index (κ2) is 10.4. The smallest absolute Gasteiger partial charge is 0.00313 e. The number of nitrogens with zero attached hydrogens (tertiary/aromatic N) is 1. The van der Waals surface area contributed by atoms with Crippen LogP contribution in [0, 0.1) is 0 Å². The van der Waals surface area contributed by atoms with Gasteiger partial charge in [-0.3, -0.25) is 0 Å². The van der Waals surface area contributed by atoms with Gasteiger partial charge in [-0.1, -0.05) is 72.3 Å². The Labute approximate surface area is 139 Å². The molecule has 2 rings (SSSR count). The van der Waals surface area contributed by atoms with Crippen molar-refractivity contribution in [2.45, 2.75) is 57.8 Å². The Hall–Kier alpha value is -0.340. The summed E-state index contributed by atoms with van der Waals surface area (Å²) in [6.45, 7) is 3.81. The monoisotopic (exact) mass is 351 g/mol. The van der Waals surface area contributed by atoms with Gasteiger partial charge in [0.1, 0.15) is 0 Å². The summed E-state index contributed by atoms with van der Waals surface area (Å²) in [7, 11) is 0. The maximum Gasteiger partial charge on any atom is 0.00313 e. The molecule has 0 fully saturated rings. The minimum atomic E-state index is 1.17. The Morgan fingerprint density at radius 2 is 1.29 bits per heavy atom. The Morgan fingerprint density at radius 3 is 1.86 bits per heavy atom. The van der Waals surface area contributed by atoms with Gasteiger partial charge in [0.2, 0.25) is 0 Å². The Morgan fingerprint density at radius 1 is 0.762 bits per heavy atom. The lowest BCUT2D eigenvalue weighted by molar-refractivity contribution is 0.279. The molecule has 0 atom stereocenters. The summed E-state index contributed by atoms with van der Waals surface area (Å²) in [4.78, 5) is 2.67. The highest BCUT2D eigenvalue weighted by molar-refractivity contribution is 9.09. The first-order chi connectivity index (χ1) is 10.4. The van der Waals surface area contributed by atoms with Gasteiger partial charge in [0, 0.05) is 18.4 Å². The number of hydrogen-bond acceptors (Lipinski definition) is 1. The normalized spacial score (nSPS) is 15.7. The van der Waals surface area contributed by atoms with Gasteiger partial charge in [0.15, 0.2) is 0 Å². The van der Waals surface area contributed by atoms with Gasteiger partial charge in [-0.05, 0) is 43.4 Å². The molecular weight excluding hydrogens is 322 g/mol. The van der Waals surface area contributed by atoms with Gasteiger partial charge in [0.25, 0.3) is 0 Å². The van der Waals surface area contributed by atoms with E-state index in [2.05, 4.69) is 45.1 Å². The van der Waals surface area contributed by atoms with Gasteiger partial charge < -0.3 is 4.90 Å².